The highest BCUT2D eigenvalue weighted by Crippen LogP contribution is 2.53. The average Bonchev–Trinajstić information content (AvgIpc) is 2.65. The lowest BCUT2D eigenvalue weighted by Gasteiger charge is -2.54. The van der Waals surface area contributed by atoms with Gasteiger partial charge in [0.25, 0.3) is 0 Å². The maximum absolute atomic E-state index is 12.9. The summed E-state index contributed by atoms with van der Waals surface area (Å²) in [5.41, 5.74) is 0. The molecule has 2 heterocycles. The van der Waals surface area contributed by atoms with Gasteiger partial charge in [0.15, 0.2) is 0 Å². The second-order valence-corrected chi connectivity index (χ2v) is 9.50. The lowest BCUT2D eigenvalue weighted by atomic mass is 9.54. The van der Waals surface area contributed by atoms with E-state index in [9.17, 15) is 4.79 Å². The van der Waals surface area contributed by atoms with Crippen LogP contribution < -0.4 is 10.2 Å². The Morgan fingerprint density at radius 1 is 1.04 bits per heavy atom. The van der Waals surface area contributed by atoms with Crippen molar-refractivity contribution in [2.24, 2.45) is 29.6 Å². The van der Waals surface area contributed by atoms with Gasteiger partial charge in [-0.3, -0.25) is 4.79 Å². The zero-order valence-electron chi connectivity index (χ0n) is 15.2. The van der Waals surface area contributed by atoms with Gasteiger partial charge in [-0.1, -0.05) is 11.6 Å². The summed E-state index contributed by atoms with van der Waals surface area (Å²) < 4.78 is 0. The van der Waals surface area contributed by atoms with Gasteiger partial charge < -0.3 is 10.2 Å². The number of hydrogen-bond acceptors (Lipinski definition) is 3. The van der Waals surface area contributed by atoms with Crippen LogP contribution in [-0.2, 0) is 4.79 Å². The molecule has 6 rings (SSSR count). The normalized spacial score (nSPS) is 36.3. The molecule has 0 atom stereocenters. The van der Waals surface area contributed by atoms with E-state index in [2.05, 4.69) is 15.2 Å². The van der Waals surface area contributed by atoms with E-state index in [0.717, 1.165) is 55.4 Å². The van der Waals surface area contributed by atoms with Gasteiger partial charge in [0, 0.05) is 31.2 Å². The standard InChI is InChI=1S/C21H28ClN3O/c22-18-1-2-19(23-12-18)25-5-3-15(4-6-25)21(26)24-20-16-8-13-7-14(10-16)11-17(20)9-13/h1-2,12-17,20H,3-11H2,(H,24,26). The van der Waals surface area contributed by atoms with Crippen LogP contribution in [0.15, 0.2) is 18.3 Å². The number of carbonyl (C=O) groups excluding carboxylic acids is 1. The number of anilines is 1. The third-order valence-corrected chi connectivity index (χ3v) is 7.66. The predicted molar refractivity (Wildman–Crippen MR) is 103 cm³/mol. The Morgan fingerprint density at radius 2 is 1.69 bits per heavy atom. The van der Waals surface area contributed by atoms with Crippen molar-refractivity contribution < 1.29 is 4.79 Å². The molecule has 1 aromatic rings. The molecule has 5 heteroatoms. The van der Waals surface area contributed by atoms with Crippen LogP contribution in [0.4, 0.5) is 5.82 Å². The van der Waals surface area contributed by atoms with Crippen LogP contribution in [0.25, 0.3) is 0 Å². The Bertz CT molecular complexity index is 640. The molecule has 4 nitrogen and oxygen atoms in total. The Hall–Kier alpha value is -1.29. The van der Waals surface area contributed by atoms with Gasteiger partial charge in [0.05, 0.1) is 5.02 Å². The van der Waals surface area contributed by atoms with Gasteiger partial charge >= 0.3 is 0 Å². The van der Waals surface area contributed by atoms with Crippen LogP contribution in [0.1, 0.15) is 44.9 Å². The molecule has 5 fully saturated rings. The van der Waals surface area contributed by atoms with Crippen LogP contribution in [0, 0.1) is 29.6 Å². The quantitative estimate of drug-likeness (QED) is 0.874. The van der Waals surface area contributed by atoms with Crippen molar-refractivity contribution in [2.45, 2.75) is 51.0 Å². The number of nitrogens with one attached hydrogen (secondary N) is 1. The predicted octanol–water partition coefficient (Wildman–Crippen LogP) is 3.89. The van der Waals surface area contributed by atoms with Crippen LogP contribution in [0.2, 0.25) is 5.02 Å². The number of piperidine rings is 1. The van der Waals surface area contributed by atoms with Crippen molar-refractivity contribution in [2.75, 3.05) is 18.0 Å². The van der Waals surface area contributed by atoms with Crippen molar-refractivity contribution in [1.82, 2.24) is 10.3 Å². The zero-order chi connectivity index (χ0) is 17.7. The summed E-state index contributed by atoms with van der Waals surface area (Å²) in [7, 11) is 0. The molecule has 1 aromatic heterocycles. The topological polar surface area (TPSA) is 45.2 Å². The Balaban J connectivity index is 1.17. The van der Waals surface area contributed by atoms with Gasteiger partial charge in [0.2, 0.25) is 5.91 Å². The van der Waals surface area contributed by atoms with Crippen LogP contribution >= 0.6 is 11.6 Å². The fourth-order valence-corrected chi connectivity index (χ4v) is 6.48. The minimum atomic E-state index is 0.163. The van der Waals surface area contributed by atoms with Crippen molar-refractivity contribution in [1.29, 1.82) is 0 Å². The summed E-state index contributed by atoms with van der Waals surface area (Å²) in [4.78, 5) is 19.6. The molecule has 1 amide bonds. The molecular weight excluding hydrogens is 346 g/mol. The molecule has 5 aliphatic rings. The average molecular weight is 374 g/mol. The Labute approximate surface area is 160 Å². The number of nitrogens with zero attached hydrogens (tertiary/aromatic N) is 2. The highest BCUT2D eigenvalue weighted by atomic mass is 35.5. The van der Waals surface area contributed by atoms with Crippen molar-refractivity contribution in [3.05, 3.63) is 23.4 Å². The fraction of sp³-hybridized carbons (Fsp3) is 0.714. The SMILES string of the molecule is O=C(NC1C2CC3CC(C2)CC1C3)C1CCN(c2ccc(Cl)cn2)CC1. The highest BCUT2D eigenvalue weighted by Gasteiger charge is 2.48. The lowest BCUT2D eigenvalue weighted by Crippen LogP contribution is -2.57. The largest absolute Gasteiger partial charge is 0.357 e. The molecule has 140 valence electrons. The van der Waals surface area contributed by atoms with E-state index >= 15 is 0 Å². The lowest BCUT2D eigenvalue weighted by molar-refractivity contribution is -0.129. The van der Waals surface area contributed by atoms with Gasteiger partial charge in [-0.25, -0.2) is 4.98 Å². The maximum atomic E-state index is 12.9. The number of pyridine rings is 1. The second kappa shape index (κ2) is 6.70. The van der Waals surface area contributed by atoms with Gasteiger partial charge in [0.1, 0.15) is 5.82 Å². The summed E-state index contributed by atoms with van der Waals surface area (Å²) in [6.45, 7) is 1.79. The van der Waals surface area contributed by atoms with Crippen LogP contribution in [0.3, 0.4) is 0 Å². The third-order valence-electron chi connectivity index (χ3n) is 7.44. The first-order valence-electron chi connectivity index (χ1n) is 10.3. The summed E-state index contributed by atoms with van der Waals surface area (Å²) in [5, 5.41) is 4.17. The van der Waals surface area contributed by atoms with Crippen LogP contribution in [0.5, 0.6) is 0 Å². The summed E-state index contributed by atoms with van der Waals surface area (Å²) in [5.74, 6) is 4.87. The molecule has 1 N–H and O–H groups in total. The number of rotatable bonds is 3. The number of aromatic nitrogens is 1. The van der Waals surface area contributed by atoms with E-state index in [4.69, 9.17) is 11.6 Å². The zero-order valence-corrected chi connectivity index (χ0v) is 16.0. The first-order valence-corrected chi connectivity index (χ1v) is 10.7. The van der Waals surface area contributed by atoms with E-state index in [1.165, 1.54) is 32.1 Å². The monoisotopic (exact) mass is 373 g/mol. The van der Waals surface area contributed by atoms with Gasteiger partial charge in [-0.15, -0.1) is 0 Å². The molecule has 0 unspecified atom stereocenters. The second-order valence-electron chi connectivity index (χ2n) is 9.06. The van der Waals surface area contributed by atoms with Crippen molar-refractivity contribution in [3.63, 3.8) is 0 Å². The Morgan fingerprint density at radius 3 is 2.27 bits per heavy atom. The van der Waals surface area contributed by atoms with Gasteiger partial charge in [-0.2, -0.15) is 0 Å². The maximum Gasteiger partial charge on any atom is 0.223 e. The number of carbonyl (C=O) groups is 1. The van der Waals surface area contributed by atoms with E-state index in [-0.39, 0.29) is 5.92 Å². The molecule has 1 aliphatic heterocycles. The molecule has 4 bridgehead atoms. The van der Waals surface area contributed by atoms with E-state index in [1.807, 2.05) is 12.1 Å². The van der Waals surface area contributed by atoms with Gasteiger partial charge in [-0.05, 0) is 80.8 Å². The van der Waals surface area contributed by atoms with Crippen LogP contribution in [-0.4, -0.2) is 30.0 Å². The minimum Gasteiger partial charge on any atom is -0.357 e. The number of hydrogen-bond donors (Lipinski definition) is 1. The molecule has 4 saturated carbocycles. The van der Waals surface area contributed by atoms with E-state index in [1.54, 1.807) is 6.20 Å². The molecule has 26 heavy (non-hydrogen) atoms. The molecule has 0 radical (unpaired) electrons. The summed E-state index contributed by atoms with van der Waals surface area (Å²) in [6.07, 6.45) is 10.4. The summed E-state index contributed by atoms with van der Waals surface area (Å²) >= 11 is 5.93. The Kier molecular flexibility index (Phi) is 4.35. The molecular formula is C21H28ClN3O. The minimum absolute atomic E-state index is 0.163. The van der Waals surface area contributed by atoms with Crippen molar-refractivity contribution >= 4 is 23.3 Å². The summed E-state index contributed by atoms with van der Waals surface area (Å²) in [6, 6.07) is 4.32. The third kappa shape index (κ3) is 3.11. The van der Waals surface area contributed by atoms with E-state index in [0.29, 0.717) is 17.0 Å². The molecule has 1 saturated heterocycles. The smallest absolute Gasteiger partial charge is 0.223 e. The van der Waals surface area contributed by atoms with Crippen molar-refractivity contribution in [3.8, 4) is 0 Å². The highest BCUT2D eigenvalue weighted by molar-refractivity contribution is 6.30. The number of halogens is 1. The first-order chi connectivity index (χ1) is 12.7. The fourth-order valence-electron chi connectivity index (χ4n) is 6.37. The number of amides is 1. The van der Waals surface area contributed by atoms with E-state index < -0.39 is 0 Å². The molecule has 4 aliphatic carbocycles. The molecule has 0 spiro atoms. The first kappa shape index (κ1) is 16.9. The molecule has 0 aromatic carbocycles.